The monoisotopic (exact) mass is 292 g/mol. The lowest BCUT2D eigenvalue weighted by molar-refractivity contribution is -0.657. The number of rotatable bonds is 4. The average Bonchev–Trinajstić information content (AvgIpc) is 2.55. The highest BCUT2D eigenvalue weighted by molar-refractivity contribution is 6.00. The molecule has 0 aliphatic heterocycles. The molecule has 0 aliphatic carbocycles. The molecular weight excluding hydrogens is 278 g/mol. The van der Waals surface area contributed by atoms with Crippen LogP contribution in [-0.4, -0.2) is 16.9 Å². The van der Waals surface area contributed by atoms with Gasteiger partial charge in [-0.1, -0.05) is 36.4 Å². The minimum absolute atomic E-state index is 0.0571. The average molecular weight is 292 g/mol. The normalized spacial score (nSPS) is 10.5. The van der Waals surface area contributed by atoms with Crippen LogP contribution in [-0.2, 0) is 6.54 Å². The smallest absolute Gasteiger partial charge is 0.342 e. The number of aromatic carboxylic acids is 1. The molecule has 0 amide bonds. The quantitative estimate of drug-likeness (QED) is 0.594. The number of benzene rings is 2. The van der Waals surface area contributed by atoms with Gasteiger partial charge in [0.1, 0.15) is 5.56 Å². The summed E-state index contributed by atoms with van der Waals surface area (Å²) in [5.41, 5.74) is 1.36. The van der Waals surface area contributed by atoms with E-state index < -0.39 is 5.97 Å². The number of carboxylic acids is 1. The second kappa shape index (κ2) is 5.77. The second-order valence-electron chi connectivity index (χ2n) is 4.97. The number of carboxylic acid groups (broad SMARTS) is 1. The van der Waals surface area contributed by atoms with Gasteiger partial charge in [-0.25, -0.2) is 4.79 Å². The highest BCUT2D eigenvalue weighted by atomic mass is 16.4. The molecule has 0 spiro atoms. The number of nitrogens with zero attached hydrogens (tertiary/aromatic N) is 1. The number of hydrogen-bond donors (Lipinski definition) is 1. The number of fused-ring (bicyclic) bond motifs is 1. The first-order valence-corrected chi connectivity index (χ1v) is 6.89. The van der Waals surface area contributed by atoms with Gasteiger partial charge in [0.05, 0.1) is 0 Å². The van der Waals surface area contributed by atoms with Crippen LogP contribution in [0.4, 0.5) is 0 Å². The van der Waals surface area contributed by atoms with E-state index in [-0.39, 0.29) is 17.9 Å². The molecule has 3 aromatic rings. The first-order chi connectivity index (χ1) is 10.7. The SMILES string of the molecule is O=C(C[n+]1cccc2cccc(C(=O)O)c21)c1ccccc1. The number of pyridine rings is 1. The highest BCUT2D eigenvalue weighted by Crippen LogP contribution is 2.15. The maximum Gasteiger partial charge on any atom is 0.342 e. The number of para-hydroxylation sites is 1. The van der Waals surface area contributed by atoms with Gasteiger partial charge in [-0.05, 0) is 18.2 Å². The van der Waals surface area contributed by atoms with Crippen molar-refractivity contribution in [1.82, 2.24) is 0 Å². The predicted octanol–water partition coefficient (Wildman–Crippen LogP) is 2.71. The molecule has 0 bridgehead atoms. The molecule has 22 heavy (non-hydrogen) atoms. The summed E-state index contributed by atoms with van der Waals surface area (Å²) in [6.07, 6.45) is 1.73. The Bertz CT molecular complexity index is 851. The lowest BCUT2D eigenvalue weighted by Gasteiger charge is -2.04. The summed E-state index contributed by atoms with van der Waals surface area (Å²) in [7, 11) is 0. The summed E-state index contributed by atoms with van der Waals surface area (Å²) in [4.78, 5) is 23.8. The largest absolute Gasteiger partial charge is 0.477 e. The number of hydrogen-bond acceptors (Lipinski definition) is 2. The third-order valence-electron chi connectivity index (χ3n) is 3.54. The molecule has 3 rings (SSSR count). The Kier molecular flexibility index (Phi) is 3.66. The lowest BCUT2D eigenvalue weighted by atomic mass is 10.1. The Balaban J connectivity index is 2.08. The third kappa shape index (κ3) is 2.59. The third-order valence-corrected chi connectivity index (χ3v) is 3.54. The maximum atomic E-state index is 12.4. The van der Waals surface area contributed by atoms with Crippen LogP contribution in [0.1, 0.15) is 20.7 Å². The van der Waals surface area contributed by atoms with Gasteiger partial charge < -0.3 is 5.11 Å². The zero-order valence-corrected chi connectivity index (χ0v) is 11.8. The molecule has 0 saturated heterocycles. The lowest BCUT2D eigenvalue weighted by Crippen LogP contribution is -2.39. The van der Waals surface area contributed by atoms with Crippen LogP contribution in [0.5, 0.6) is 0 Å². The van der Waals surface area contributed by atoms with E-state index in [1.165, 1.54) is 0 Å². The van der Waals surface area contributed by atoms with Crippen LogP contribution in [0.3, 0.4) is 0 Å². The first-order valence-electron chi connectivity index (χ1n) is 6.89. The van der Waals surface area contributed by atoms with E-state index in [2.05, 4.69) is 0 Å². The van der Waals surface area contributed by atoms with Crippen LogP contribution in [0.25, 0.3) is 10.9 Å². The fraction of sp³-hybridized carbons (Fsp3) is 0.0556. The number of carbonyl (C=O) groups is 2. The number of ketones is 1. The first kappa shape index (κ1) is 13.9. The molecule has 0 saturated carbocycles. The molecule has 0 radical (unpaired) electrons. The van der Waals surface area contributed by atoms with E-state index in [1.807, 2.05) is 36.4 Å². The summed E-state index contributed by atoms with van der Waals surface area (Å²) in [5.74, 6) is -1.06. The van der Waals surface area contributed by atoms with Crippen LogP contribution in [0.15, 0.2) is 66.9 Å². The van der Waals surface area contributed by atoms with E-state index >= 15 is 0 Å². The van der Waals surface area contributed by atoms with Gasteiger partial charge in [0, 0.05) is 17.0 Å². The summed E-state index contributed by atoms with van der Waals surface area (Å²) in [6.45, 7) is 0.103. The van der Waals surface area contributed by atoms with Crippen LogP contribution >= 0.6 is 0 Å². The van der Waals surface area contributed by atoms with E-state index in [0.29, 0.717) is 11.1 Å². The van der Waals surface area contributed by atoms with Gasteiger partial charge in [0.25, 0.3) is 0 Å². The molecule has 0 fully saturated rings. The Hall–Kier alpha value is -3.01. The van der Waals surface area contributed by atoms with Crippen molar-refractivity contribution in [3.05, 3.63) is 78.0 Å². The van der Waals surface area contributed by atoms with Gasteiger partial charge in [0.2, 0.25) is 17.8 Å². The van der Waals surface area contributed by atoms with Crippen molar-refractivity contribution in [3.8, 4) is 0 Å². The zero-order chi connectivity index (χ0) is 15.5. The van der Waals surface area contributed by atoms with Crippen molar-refractivity contribution < 1.29 is 19.3 Å². The fourth-order valence-electron chi connectivity index (χ4n) is 2.52. The van der Waals surface area contributed by atoms with Crippen molar-refractivity contribution in [2.24, 2.45) is 0 Å². The molecule has 1 N–H and O–H groups in total. The summed E-state index contributed by atoms with van der Waals surface area (Å²) >= 11 is 0. The minimum atomic E-state index is -1.00. The number of aromatic nitrogens is 1. The van der Waals surface area contributed by atoms with Gasteiger partial charge >= 0.3 is 5.97 Å². The maximum absolute atomic E-state index is 12.4. The minimum Gasteiger partial charge on any atom is -0.477 e. The van der Waals surface area contributed by atoms with Gasteiger partial charge in [-0.15, -0.1) is 0 Å². The molecule has 0 aliphatic rings. The van der Waals surface area contributed by atoms with Crippen LogP contribution in [0.2, 0.25) is 0 Å². The summed E-state index contributed by atoms with van der Waals surface area (Å²) in [6, 6.07) is 17.7. The number of Topliss-reactive ketones (excluding diaryl/α,β-unsaturated/α-hetero) is 1. The van der Waals surface area contributed by atoms with E-state index in [9.17, 15) is 14.7 Å². The molecule has 1 heterocycles. The highest BCUT2D eigenvalue weighted by Gasteiger charge is 2.20. The molecular formula is C18H14NO3+. The van der Waals surface area contributed by atoms with Gasteiger partial charge in [-0.2, -0.15) is 4.57 Å². The van der Waals surface area contributed by atoms with Crippen molar-refractivity contribution >= 4 is 22.7 Å². The Morgan fingerprint density at radius 2 is 1.64 bits per heavy atom. The summed E-state index contributed by atoms with van der Waals surface area (Å²) < 4.78 is 1.69. The molecule has 4 heteroatoms. The van der Waals surface area contributed by atoms with Crippen molar-refractivity contribution in [2.75, 3.05) is 0 Å². The molecule has 4 nitrogen and oxygen atoms in total. The van der Waals surface area contributed by atoms with Gasteiger partial charge in [0.15, 0.2) is 6.20 Å². The zero-order valence-electron chi connectivity index (χ0n) is 11.8. The summed E-state index contributed by atoms with van der Waals surface area (Å²) in [5, 5.41) is 10.2. The van der Waals surface area contributed by atoms with E-state index in [0.717, 1.165) is 5.39 Å². The fourth-order valence-corrected chi connectivity index (χ4v) is 2.52. The van der Waals surface area contributed by atoms with Crippen molar-refractivity contribution in [2.45, 2.75) is 6.54 Å². The Labute approximate surface area is 127 Å². The predicted molar refractivity (Wildman–Crippen MR) is 81.9 cm³/mol. The topological polar surface area (TPSA) is 58.2 Å². The molecule has 0 unspecified atom stereocenters. The molecule has 0 atom stereocenters. The van der Waals surface area contributed by atoms with E-state index in [4.69, 9.17) is 0 Å². The standard InChI is InChI=1S/C18H13NO3/c20-16(13-6-2-1-3-7-13)12-19-11-5-9-14-8-4-10-15(17(14)19)18(21)22/h1-11H,12H2/p+1. The Morgan fingerprint density at radius 1 is 0.909 bits per heavy atom. The van der Waals surface area contributed by atoms with Crippen molar-refractivity contribution in [3.63, 3.8) is 0 Å². The molecule has 1 aromatic heterocycles. The number of carbonyl (C=O) groups excluding carboxylic acids is 1. The Morgan fingerprint density at radius 3 is 2.36 bits per heavy atom. The van der Waals surface area contributed by atoms with Crippen molar-refractivity contribution in [1.29, 1.82) is 0 Å². The van der Waals surface area contributed by atoms with Gasteiger partial charge in [-0.3, -0.25) is 4.79 Å². The second-order valence-corrected chi connectivity index (χ2v) is 4.97. The molecule has 2 aromatic carbocycles. The van der Waals surface area contributed by atoms with Crippen LogP contribution in [0, 0.1) is 0 Å². The molecule has 108 valence electrons. The van der Waals surface area contributed by atoms with E-state index in [1.54, 1.807) is 35.0 Å². The van der Waals surface area contributed by atoms with Crippen LogP contribution < -0.4 is 4.57 Å².